The number of urea groups is 1. The summed E-state index contributed by atoms with van der Waals surface area (Å²) in [7, 11) is 1.49. The number of likely N-dealkylation sites (N-methyl/N-ethyl adjacent to an activating group) is 1. The van der Waals surface area contributed by atoms with E-state index in [9.17, 15) is 9.59 Å². The first-order chi connectivity index (χ1) is 8.06. The van der Waals surface area contributed by atoms with Crippen molar-refractivity contribution in [1.82, 2.24) is 9.80 Å². The summed E-state index contributed by atoms with van der Waals surface area (Å²) in [4.78, 5) is 25.5. The fraction of sp³-hybridized carbons (Fsp3) is 0.818. The Morgan fingerprint density at radius 1 is 1.41 bits per heavy atom. The molecule has 1 unspecified atom stereocenters. The number of rotatable bonds is 4. The number of carbonyl (C=O) groups is 2. The molecule has 0 saturated carbocycles. The van der Waals surface area contributed by atoms with E-state index in [1.165, 1.54) is 11.9 Å². The third kappa shape index (κ3) is 3.89. The van der Waals surface area contributed by atoms with Crippen LogP contribution in [0.1, 0.15) is 25.7 Å². The van der Waals surface area contributed by atoms with Crippen LogP contribution in [-0.4, -0.2) is 64.8 Å². The molecular formula is C11H20N2O4. The first kappa shape index (κ1) is 13.8. The molecule has 0 radical (unpaired) electrons. The Kier molecular flexibility index (Phi) is 5.21. The Morgan fingerprint density at radius 2 is 2.12 bits per heavy atom. The zero-order chi connectivity index (χ0) is 12.8. The predicted molar refractivity (Wildman–Crippen MR) is 61.7 cm³/mol. The highest BCUT2D eigenvalue weighted by molar-refractivity contribution is 5.80. The van der Waals surface area contributed by atoms with E-state index in [1.807, 2.05) is 0 Å². The third-order valence-electron chi connectivity index (χ3n) is 3.03. The molecule has 1 fully saturated rings. The van der Waals surface area contributed by atoms with Crippen molar-refractivity contribution < 1.29 is 19.8 Å². The lowest BCUT2D eigenvalue weighted by Gasteiger charge is -2.37. The second-order valence-electron chi connectivity index (χ2n) is 4.39. The largest absolute Gasteiger partial charge is 0.480 e. The number of likely N-dealkylation sites (tertiary alicyclic amines) is 1. The first-order valence-electron chi connectivity index (χ1n) is 5.90. The molecule has 0 aliphatic carbocycles. The fourth-order valence-corrected chi connectivity index (χ4v) is 2.19. The van der Waals surface area contributed by atoms with Gasteiger partial charge in [0, 0.05) is 26.2 Å². The zero-order valence-electron chi connectivity index (χ0n) is 10.1. The maximum Gasteiger partial charge on any atom is 0.323 e. The van der Waals surface area contributed by atoms with Gasteiger partial charge in [-0.1, -0.05) is 0 Å². The molecule has 0 aromatic rings. The smallest absolute Gasteiger partial charge is 0.323 e. The summed E-state index contributed by atoms with van der Waals surface area (Å²) in [6, 6.07) is -0.219. The van der Waals surface area contributed by atoms with Crippen LogP contribution in [0, 0.1) is 0 Å². The van der Waals surface area contributed by atoms with Crippen molar-refractivity contribution in [2.24, 2.45) is 0 Å². The Hall–Kier alpha value is -1.30. The number of aliphatic hydroxyl groups excluding tert-OH is 1. The zero-order valence-corrected chi connectivity index (χ0v) is 10.1. The number of carboxylic acid groups (broad SMARTS) is 1. The summed E-state index contributed by atoms with van der Waals surface area (Å²) in [6.45, 7) is 0.408. The van der Waals surface area contributed by atoms with E-state index in [-0.39, 0.29) is 25.2 Å². The van der Waals surface area contributed by atoms with Crippen molar-refractivity contribution in [3.05, 3.63) is 0 Å². The van der Waals surface area contributed by atoms with Gasteiger partial charge in [-0.15, -0.1) is 0 Å². The average Bonchev–Trinajstić information content (AvgIpc) is 2.28. The number of carbonyl (C=O) groups excluding carboxylic acids is 1. The summed E-state index contributed by atoms with van der Waals surface area (Å²) in [5.74, 6) is -1.02. The molecule has 17 heavy (non-hydrogen) atoms. The number of hydrogen-bond acceptors (Lipinski definition) is 3. The molecule has 0 aromatic carbocycles. The lowest BCUT2D eigenvalue weighted by molar-refractivity contribution is -0.137. The van der Waals surface area contributed by atoms with E-state index in [2.05, 4.69) is 0 Å². The fourth-order valence-electron chi connectivity index (χ4n) is 2.19. The molecule has 1 saturated heterocycles. The van der Waals surface area contributed by atoms with Gasteiger partial charge in [-0.25, -0.2) is 4.79 Å². The molecule has 1 aliphatic rings. The third-order valence-corrected chi connectivity index (χ3v) is 3.03. The monoisotopic (exact) mass is 244 g/mol. The molecule has 0 spiro atoms. The normalized spacial score (nSPS) is 20.1. The van der Waals surface area contributed by atoms with Crippen LogP contribution in [0.25, 0.3) is 0 Å². The van der Waals surface area contributed by atoms with E-state index in [0.29, 0.717) is 13.0 Å². The molecule has 1 heterocycles. The van der Waals surface area contributed by atoms with E-state index < -0.39 is 5.97 Å². The van der Waals surface area contributed by atoms with Crippen LogP contribution < -0.4 is 0 Å². The van der Waals surface area contributed by atoms with Gasteiger partial charge in [0.2, 0.25) is 0 Å². The second-order valence-corrected chi connectivity index (χ2v) is 4.39. The number of aliphatic hydroxyl groups is 1. The predicted octanol–water partition coefficient (Wildman–Crippen LogP) is 0.360. The van der Waals surface area contributed by atoms with Crippen LogP contribution in [-0.2, 0) is 4.79 Å². The standard InChI is InChI=1S/C11H20N2O4/c1-12(8-10(15)16)11(17)13-6-3-2-4-9(13)5-7-14/h9,14H,2-8H2,1H3,(H,15,16). The molecule has 0 aromatic heterocycles. The van der Waals surface area contributed by atoms with Crippen molar-refractivity contribution in [3.8, 4) is 0 Å². The molecule has 98 valence electrons. The summed E-state index contributed by atoms with van der Waals surface area (Å²) < 4.78 is 0. The maximum atomic E-state index is 12.0. The van der Waals surface area contributed by atoms with Gasteiger partial charge in [-0.3, -0.25) is 4.79 Å². The van der Waals surface area contributed by atoms with Gasteiger partial charge in [0.05, 0.1) is 0 Å². The van der Waals surface area contributed by atoms with Crippen LogP contribution in [0.15, 0.2) is 0 Å². The van der Waals surface area contributed by atoms with E-state index in [4.69, 9.17) is 10.2 Å². The molecule has 1 rings (SSSR count). The Labute approximate surface area is 101 Å². The summed E-state index contributed by atoms with van der Waals surface area (Å²) in [6.07, 6.45) is 3.44. The molecule has 6 heteroatoms. The van der Waals surface area contributed by atoms with Gasteiger partial charge in [-0.2, -0.15) is 0 Å². The van der Waals surface area contributed by atoms with Crippen LogP contribution in [0.4, 0.5) is 4.79 Å². The molecule has 0 bridgehead atoms. The van der Waals surface area contributed by atoms with E-state index in [0.717, 1.165) is 19.3 Å². The second kappa shape index (κ2) is 6.44. The highest BCUT2D eigenvalue weighted by Crippen LogP contribution is 2.20. The van der Waals surface area contributed by atoms with Crippen LogP contribution in [0.5, 0.6) is 0 Å². The Bertz CT molecular complexity index is 281. The van der Waals surface area contributed by atoms with Crippen molar-refractivity contribution in [3.63, 3.8) is 0 Å². The van der Waals surface area contributed by atoms with Crippen molar-refractivity contribution in [1.29, 1.82) is 0 Å². The minimum atomic E-state index is -1.02. The molecule has 1 aliphatic heterocycles. The van der Waals surface area contributed by atoms with Crippen LogP contribution in [0.2, 0.25) is 0 Å². The Balaban J connectivity index is 2.60. The first-order valence-corrected chi connectivity index (χ1v) is 5.90. The van der Waals surface area contributed by atoms with Crippen LogP contribution >= 0.6 is 0 Å². The average molecular weight is 244 g/mol. The summed E-state index contributed by atoms with van der Waals surface area (Å²) >= 11 is 0. The van der Waals surface area contributed by atoms with Gasteiger partial charge in [0.25, 0.3) is 0 Å². The summed E-state index contributed by atoms with van der Waals surface area (Å²) in [5.41, 5.74) is 0. The van der Waals surface area contributed by atoms with Crippen molar-refractivity contribution in [2.75, 3.05) is 26.7 Å². The number of piperidine rings is 1. The minimum Gasteiger partial charge on any atom is -0.480 e. The number of nitrogens with zero attached hydrogens (tertiary/aromatic N) is 2. The number of carboxylic acids is 1. The highest BCUT2D eigenvalue weighted by atomic mass is 16.4. The summed E-state index contributed by atoms with van der Waals surface area (Å²) in [5, 5.41) is 17.6. The minimum absolute atomic E-state index is 0.0393. The van der Waals surface area contributed by atoms with E-state index >= 15 is 0 Å². The lowest BCUT2D eigenvalue weighted by atomic mass is 10.00. The molecule has 6 nitrogen and oxygen atoms in total. The highest BCUT2D eigenvalue weighted by Gasteiger charge is 2.28. The van der Waals surface area contributed by atoms with Gasteiger partial charge in [0.1, 0.15) is 6.54 Å². The van der Waals surface area contributed by atoms with Crippen LogP contribution in [0.3, 0.4) is 0 Å². The molecular weight excluding hydrogens is 224 g/mol. The molecule has 2 N–H and O–H groups in total. The van der Waals surface area contributed by atoms with Crippen molar-refractivity contribution >= 4 is 12.0 Å². The lowest BCUT2D eigenvalue weighted by Crippen LogP contribution is -2.50. The number of amides is 2. The SMILES string of the molecule is CN(CC(=O)O)C(=O)N1CCCCC1CCO. The van der Waals surface area contributed by atoms with E-state index in [1.54, 1.807) is 4.90 Å². The van der Waals surface area contributed by atoms with Crippen molar-refractivity contribution in [2.45, 2.75) is 31.7 Å². The molecule has 1 atom stereocenters. The number of aliphatic carboxylic acids is 1. The quantitative estimate of drug-likeness (QED) is 0.748. The Morgan fingerprint density at radius 3 is 2.71 bits per heavy atom. The van der Waals surface area contributed by atoms with Gasteiger partial charge in [-0.05, 0) is 25.7 Å². The van der Waals surface area contributed by atoms with Gasteiger partial charge >= 0.3 is 12.0 Å². The van der Waals surface area contributed by atoms with Gasteiger partial charge < -0.3 is 20.0 Å². The van der Waals surface area contributed by atoms with Gasteiger partial charge in [0.15, 0.2) is 0 Å². The maximum absolute atomic E-state index is 12.0. The molecule has 2 amide bonds. The topological polar surface area (TPSA) is 81.1 Å². The number of hydrogen-bond donors (Lipinski definition) is 2.